The Bertz CT molecular complexity index is 3310. The Hall–Kier alpha value is -7.99. The first-order chi connectivity index (χ1) is 29.3. The van der Waals surface area contributed by atoms with Gasteiger partial charge in [0.1, 0.15) is 11.5 Å². The van der Waals surface area contributed by atoms with Crippen molar-refractivity contribution in [2.24, 2.45) is 0 Å². The Morgan fingerprint density at radius 2 is 0.933 bits per heavy atom. The minimum absolute atomic E-state index is 0.0750. The summed E-state index contributed by atoms with van der Waals surface area (Å²) in [6.45, 7) is 3.92. The fraction of sp³-hybridized carbons (Fsp3) is 0.0727. The van der Waals surface area contributed by atoms with Crippen molar-refractivity contribution in [3.8, 4) is 35.2 Å². The Morgan fingerprint density at radius 1 is 0.483 bits per heavy atom. The summed E-state index contributed by atoms with van der Waals surface area (Å²) in [4.78, 5) is 16.8. The number of ether oxygens (including phenoxy) is 2. The smallest absolute Gasteiger partial charge is 0.256 e. The van der Waals surface area contributed by atoms with Crippen LogP contribution in [0.2, 0.25) is 0 Å². The number of anilines is 1. The molecule has 0 saturated heterocycles. The summed E-state index contributed by atoms with van der Waals surface area (Å²) in [5, 5.41) is 13.3. The molecule has 1 aromatic heterocycles. The van der Waals surface area contributed by atoms with E-state index in [0.29, 0.717) is 5.35 Å². The standard InChI is InChI=1S/C40H26O2.C15H14N2O/c1-41-31-19-23-33-27(9-7-11-29(33)25-31)17-21-39-35-13-3-5-15-37(35)40(38-16-6-4-14-36(38)39)22-18-28-10-8-12-30-26-32(42-2)20-24-34(28)30;1-9-10-7-8-13(17(2)3)11-5-4-6-12(14(10)11)15(18)16-9/h3-16,19-20,23-26H,1-2H3;4-8H,1H2,2-3H3,(H,16,18). The van der Waals surface area contributed by atoms with Gasteiger partial charge in [-0.15, -0.1) is 0 Å². The number of H-pyrrole nitrogens is 1. The SMILES string of the molecule is C=c1[nH]c(=O)c2cccc3c(N(C)C)ccc1c32.COc1ccc2c(C#Cc3c4ccccc4c(C#Cc4cccc5cc(OC)ccc45)c4ccccc34)cccc2c1. The largest absolute Gasteiger partial charge is 0.497 e. The zero-order valence-electron chi connectivity index (χ0n) is 33.8. The van der Waals surface area contributed by atoms with Crippen molar-refractivity contribution in [1.82, 2.24) is 4.98 Å². The lowest BCUT2D eigenvalue weighted by Gasteiger charge is -2.17. The van der Waals surface area contributed by atoms with Gasteiger partial charge in [0, 0.05) is 68.9 Å². The van der Waals surface area contributed by atoms with Crippen molar-refractivity contribution in [2.75, 3.05) is 33.2 Å². The lowest BCUT2D eigenvalue weighted by atomic mass is 9.91. The van der Waals surface area contributed by atoms with Gasteiger partial charge in [-0.05, 0) is 104 Å². The van der Waals surface area contributed by atoms with E-state index < -0.39 is 0 Å². The summed E-state index contributed by atoms with van der Waals surface area (Å²) < 4.78 is 10.9. The highest BCUT2D eigenvalue weighted by Crippen LogP contribution is 2.34. The molecule has 0 bridgehead atoms. The molecule has 1 heterocycles. The molecule has 10 rings (SSSR count). The molecule has 0 radical (unpaired) electrons. The number of methoxy groups -OCH3 is 2. The third kappa shape index (κ3) is 6.79. The van der Waals surface area contributed by atoms with Crippen LogP contribution in [0.15, 0.2) is 156 Å². The highest BCUT2D eigenvalue weighted by Gasteiger charge is 2.13. The lowest BCUT2D eigenvalue weighted by molar-refractivity contribution is 0.415. The molecule has 5 heteroatoms. The van der Waals surface area contributed by atoms with Gasteiger partial charge in [-0.1, -0.05) is 121 Å². The number of fused-ring (bicyclic) bond motifs is 4. The van der Waals surface area contributed by atoms with Crippen molar-refractivity contribution in [3.63, 3.8) is 0 Å². The number of benzene rings is 9. The second-order valence-electron chi connectivity index (χ2n) is 14.8. The molecular formula is C55H40N2O3. The molecule has 0 amide bonds. The maximum absolute atomic E-state index is 12.0. The Morgan fingerprint density at radius 3 is 1.42 bits per heavy atom. The Balaban J connectivity index is 0.000000214. The normalized spacial score (nSPS) is 10.9. The minimum Gasteiger partial charge on any atom is -0.497 e. The van der Waals surface area contributed by atoms with Gasteiger partial charge < -0.3 is 19.4 Å². The number of nitrogens with one attached hydrogen (secondary N) is 1. The second-order valence-corrected chi connectivity index (χ2v) is 14.8. The number of aromatic nitrogens is 1. The van der Waals surface area contributed by atoms with Crippen molar-refractivity contribution in [1.29, 1.82) is 0 Å². The second kappa shape index (κ2) is 15.7. The third-order valence-corrected chi connectivity index (χ3v) is 11.1. The fourth-order valence-corrected chi connectivity index (χ4v) is 8.15. The average molecular weight is 777 g/mol. The van der Waals surface area contributed by atoms with Crippen LogP contribution in [0.5, 0.6) is 11.5 Å². The third-order valence-electron chi connectivity index (χ3n) is 11.1. The van der Waals surface area contributed by atoms with Crippen LogP contribution in [0.1, 0.15) is 22.3 Å². The predicted octanol–water partition coefficient (Wildman–Crippen LogP) is 11.0. The molecule has 288 valence electrons. The first kappa shape index (κ1) is 37.6. The molecule has 0 unspecified atom stereocenters. The topological polar surface area (TPSA) is 54.6 Å². The van der Waals surface area contributed by atoms with Crippen LogP contribution in [-0.2, 0) is 0 Å². The van der Waals surface area contributed by atoms with Crippen LogP contribution in [0.25, 0.3) is 71.2 Å². The summed E-state index contributed by atoms with van der Waals surface area (Å²) in [6, 6.07) is 51.4. The Kier molecular flexibility index (Phi) is 9.86. The summed E-state index contributed by atoms with van der Waals surface area (Å²) >= 11 is 0. The molecule has 0 aliphatic carbocycles. The van der Waals surface area contributed by atoms with Gasteiger partial charge in [0.2, 0.25) is 0 Å². The van der Waals surface area contributed by atoms with E-state index in [4.69, 9.17) is 9.47 Å². The van der Waals surface area contributed by atoms with Gasteiger partial charge in [-0.2, -0.15) is 0 Å². The molecular weight excluding hydrogens is 737 g/mol. The van der Waals surface area contributed by atoms with Crippen LogP contribution in [0, 0.1) is 23.7 Å². The van der Waals surface area contributed by atoms with Crippen molar-refractivity contribution >= 4 is 76.9 Å². The lowest BCUT2D eigenvalue weighted by Crippen LogP contribution is -2.20. The Labute approximate surface area is 348 Å². The average Bonchev–Trinajstić information content (AvgIpc) is 3.28. The number of nitrogens with zero attached hydrogens (tertiary/aromatic N) is 1. The first-order valence-electron chi connectivity index (χ1n) is 19.7. The van der Waals surface area contributed by atoms with E-state index in [2.05, 4.69) is 131 Å². The van der Waals surface area contributed by atoms with E-state index in [1.54, 1.807) is 14.2 Å². The van der Waals surface area contributed by atoms with Crippen LogP contribution in [-0.4, -0.2) is 33.3 Å². The van der Waals surface area contributed by atoms with E-state index in [9.17, 15) is 4.79 Å². The quantitative estimate of drug-likeness (QED) is 0.143. The zero-order valence-corrected chi connectivity index (χ0v) is 33.8. The van der Waals surface area contributed by atoms with Gasteiger partial charge in [0.05, 0.1) is 14.2 Å². The summed E-state index contributed by atoms with van der Waals surface area (Å²) in [5.74, 6) is 15.8. The monoisotopic (exact) mass is 776 g/mol. The van der Waals surface area contributed by atoms with Crippen molar-refractivity contribution in [3.05, 3.63) is 190 Å². The molecule has 60 heavy (non-hydrogen) atoms. The van der Waals surface area contributed by atoms with Crippen molar-refractivity contribution in [2.45, 2.75) is 0 Å². The predicted molar refractivity (Wildman–Crippen MR) is 252 cm³/mol. The minimum atomic E-state index is -0.0750. The maximum Gasteiger partial charge on any atom is 0.256 e. The van der Waals surface area contributed by atoms with E-state index in [-0.39, 0.29) is 5.56 Å². The van der Waals surface area contributed by atoms with Crippen molar-refractivity contribution < 1.29 is 9.47 Å². The van der Waals surface area contributed by atoms with Gasteiger partial charge in [0.15, 0.2) is 0 Å². The van der Waals surface area contributed by atoms with Crippen LogP contribution < -0.4 is 25.3 Å². The zero-order chi connectivity index (χ0) is 41.3. The summed E-state index contributed by atoms with van der Waals surface area (Å²) in [7, 11) is 7.38. The van der Waals surface area contributed by atoms with Crippen LogP contribution >= 0.6 is 0 Å². The molecule has 0 fully saturated rings. The molecule has 0 atom stereocenters. The molecule has 0 aliphatic rings. The van der Waals surface area contributed by atoms with Gasteiger partial charge in [-0.25, -0.2) is 0 Å². The summed E-state index contributed by atoms with van der Waals surface area (Å²) in [6.07, 6.45) is 0. The number of aromatic amines is 1. The maximum atomic E-state index is 12.0. The highest BCUT2D eigenvalue weighted by atomic mass is 16.5. The van der Waals surface area contributed by atoms with Gasteiger partial charge in [0.25, 0.3) is 5.56 Å². The molecule has 5 nitrogen and oxygen atoms in total. The van der Waals surface area contributed by atoms with Gasteiger partial charge >= 0.3 is 0 Å². The molecule has 0 spiro atoms. The number of rotatable bonds is 3. The molecule has 0 aliphatic heterocycles. The molecule has 9 aromatic carbocycles. The van der Waals surface area contributed by atoms with E-state index in [0.717, 1.165) is 104 Å². The fourth-order valence-electron chi connectivity index (χ4n) is 8.15. The van der Waals surface area contributed by atoms with E-state index in [1.807, 2.05) is 74.8 Å². The van der Waals surface area contributed by atoms with Gasteiger partial charge in [-0.3, -0.25) is 4.79 Å². The number of pyridine rings is 1. The molecule has 0 saturated carbocycles. The van der Waals surface area contributed by atoms with E-state index in [1.165, 1.54) is 0 Å². The van der Waals surface area contributed by atoms with Crippen LogP contribution in [0.4, 0.5) is 5.69 Å². The molecule has 1 N–H and O–H groups in total. The highest BCUT2D eigenvalue weighted by molar-refractivity contribution is 6.14. The summed E-state index contributed by atoms with van der Waals surface area (Å²) in [5.41, 5.74) is 5.02. The van der Waals surface area contributed by atoms with E-state index >= 15 is 0 Å². The first-order valence-corrected chi connectivity index (χ1v) is 19.7. The number of hydrogen-bond acceptors (Lipinski definition) is 4. The molecule has 10 aromatic rings. The van der Waals surface area contributed by atoms with Crippen LogP contribution in [0.3, 0.4) is 0 Å². The number of hydrogen-bond donors (Lipinski definition) is 1.